The second-order valence-corrected chi connectivity index (χ2v) is 4.21. The Bertz CT molecular complexity index is 272. The number of carboxylic acids is 1. The van der Waals surface area contributed by atoms with E-state index in [0.29, 0.717) is 38.6 Å². The maximum atomic E-state index is 11.8. The molecule has 1 heterocycles. The number of aliphatic carboxylic acids is 1. The van der Waals surface area contributed by atoms with E-state index in [1.807, 2.05) is 0 Å². The molecule has 1 aliphatic heterocycles. The Morgan fingerprint density at radius 1 is 1.35 bits per heavy atom. The van der Waals surface area contributed by atoms with E-state index in [-0.39, 0.29) is 12.5 Å². The third-order valence-electron chi connectivity index (χ3n) is 2.97. The molecule has 1 N–H and O–H groups in total. The minimum atomic E-state index is -0.929. The van der Waals surface area contributed by atoms with Gasteiger partial charge in [-0.1, -0.05) is 6.42 Å². The average Bonchev–Trinajstić information content (AvgIpc) is 2.77. The zero-order chi connectivity index (χ0) is 12.7. The maximum Gasteiger partial charge on any atom is 0.326 e. The number of likely N-dealkylation sites (tertiary alicyclic amines) is 1. The van der Waals surface area contributed by atoms with Gasteiger partial charge in [0.1, 0.15) is 6.04 Å². The summed E-state index contributed by atoms with van der Waals surface area (Å²) >= 11 is 0. The van der Waals surface area contributed by atoms with Crippen LogP contribution >= 0.6 is 0 Å². The van der Waals surface area contributed by atoms with Crippen LogP contribution in [0.2, 0.25) is 0 Å². The van der Waals surface area contributed by atoms with Crippen LogP contribution in [-0.4, -0.2) is 41.1 Å². The predicted molar refractivity (Wildman–Crippen MR) is 57.9 cm³/mol. The van der Waals surface area contributed by atoms with Gasteiger partial charge in [0.05, 0.1) is 6.61 Å². The van der Waals surface area contributed by atoms with E-state index in [2.05, 4.69) is 4.94 Å². The SMILES string of the molecule is O=C(O)C1CCCN1C(=O)CCCCCOF. The molecule has 1 atom stereocenters. The van der Waals surface area contributed by atoms with E-state index >= 15 is 0 Å². The van der Waals surface area contributed by atoms with Gasteiger partial charge in [0.2, 0.25) is 5.91 Å². The number of hydrogen-bond donors (Lipinski definition) is 1. The molecule has 1 unspecified atom stereocenters. The van der Waals surface area contributed by atoms with Crippen molar-refractivity contribution in [1.82, 2.24) is 4.90 Å². The summed E-state index contributed by atoms with van der Waals surface area (Å²) in [5.41, 5.74) is 0. The minimum Gasteiger partial charge on any atom is -0.480 e. The van der Waals surface area contributed by atoms with Gasteiger partial charge in [0, 0.05) is 13.0 Å². The van der Waals surface area contributed by atoms with Crippen molar-refractivity contribution in [2.75, 3.05) is 13.2 Å². The monoisotopic (exact) mass is 247 g/mol. The Kier molecular flexibility index (Phi) is 5.90. The Morgan fingerprint density at radius 2 is 2.12 bits per heavy atom. The second-order valence-electron chi connectivity index (χ2n) is 4.21. The van der Waals surface area contributed by atoms with Crippen LogP contribution in [0.1, 0.15) is 38.5 Å². The first-order valence-corrected chi connectivity index (χ1v) is 5.92. The Hall–Kier alpha value is -1.17. The molecule has 98 valence electrons. The summed E-state index contributed by atoms with van der Waals surface area (Å²) < 4.78 is 11.3. The molecule has 1 aliphatic rings. The fourth-order valence-corrected chi connectivity index (χ4v) is 2.08. The van der Waals surface area contributed by atoms with Gasteiger partial charge in [-0.15, -0.1) is 0 Å². The molecule has 0 aromatic carbocycles. The summed E-state index contributed by atoms with van der Waals surface area (Å²) in [5.74, 6) is -1.04. The number of carbonyl (C=O) groups excluding carboxylic acids is 1. The topological polar surface area (TPSA) is 66.8 Å². The Morgan fingerprint density at radius 3 is 2.76 bits per heavy atom. The number of hydrogen-bond acceptors (Lipinski definition) is 3. The van der Waals surface area contributed by atoms with Crippen LogP contribution in [0.15, 0.2) is 0 Å². The van der Waals surface area contributed by atoms with Gasteiger partial charge in [-0.05, 0) is 30.2 Å². The van der Waals surface area contributed by atoms with Gasteiger partial charge in [-0.25, -0.2) is 4.79 Å². The summed E-state index contributed by atoms with van der Waals surface area (Å²) in [5, 5.41) is 8.92. The highest BCUT2D eigenvalue weighted by atomic mass is 19.3. The molecule has 0 radical (unpaired) electrons. The summed E-state index contributed by atoms with van der Waals surface area (Å²) in [7, 11) is 0. The van der Waals surface area contributed by atoms with Gasteiger partial charge in [0.25, 0.3) is 0 Å². The van der Waals surface area contributed by atoms with Gasteiger partial charge in [-0.2, -0.15) is 4.94 Å². The first-order chi connectivity index (χ1) is 8.16. The van der Waals surface area contributed by atoms with Crippen LogP contribution in [0.3, 0.4) is 0 Å². The third-order valence-corrected chi connectivity index (χ3v) is 2.97. The van der Waals surface area contributed by atoms with Crippen LogP contribution in [0.4, 0.5) is 4.53 Å². The van der Waals surface area contributed by atoms with E-state index in [9.17, 15) is 14.1 Å². The molecule has 0 spiro atoms. The highest BCUT2D eigenvalue weighted by Gasteiger charge is 2.33. The van der Waals surface area contributed by atoms with Crippen LogP contribution in [-0.2, 0) is 14.5 Å². The fourth-order valence-electron chi connectivity index (χ4n) is 2.08. The number of halogens is 1. The molecule has 1 saturated heterocycles. The molecule has 0 bridgehead atoms. The van der Waals surface area contributed by atoms with Crippen molar-refractivity contribution in [3.05, 3.63) is 0 Å². The molecule has 0 saturated carbocycles. The van der Waals surface area contributed by atoms with Crippen LogP contribution in [0.5, 0.6) is 0 Å². The number of carbonyl (C=O) groups is 2. The van der Waals surface area contributed by atoms with Crippen molar-refractivity contribution < 1.29 is 24.2 Å². The quantitative estimate of drug-likeness (QED) is 0.693. The lowest BCUT2D eigenvalue weighted by Gasteiger charge is -2.21. The van der Waals surface area contributed by atoms with E-state index in [0.717, 1.165) is 6.42 Å². The first-order valence-electron chi connectivity index (χ1n) is 5.92. The third kappa shape index (κ3) is 4.30. The van der Waals surface area contributed by atoms with Crippen molar-refractivity contribution >= 4 is 11.9 Å². The number of unbranched alkanes of at least 4 members (excludes halogenated alkanes) is 2. The van der Waals surface area contributed by atoms with Gasteiger partial charge in [-0.3, -0.25) is 4.79 Å². The van der Waals surface area contributed by atoms with Crippen molar-refractivity contribution in [1.29, 1.82) is 0 Å². The van der Waals surface area contributed by atoms with E-state index in [1.165, 1.54) is 4.90 Å². The smallest absolute Gasteiger partial charge is 0.326 e. The summed E-state index contributed by atoms with van der Waals surface area (Å²) in [6, 6.07) is -0.656. The lowest BCUT2D eigenvalue weighted by molar-refractivity contribution is -0.148. The number of rotatable bonds is 7. The van der Waals surface area contributed by atoms with Crippen LogP contribution in [0, 0.1) is 0 Å². The zero-order valence-corrected chi connectivity index (χ0v) is 9.73. The molecule has 1 rings (SSSR count). The zero-order valence-electron chi connectivity index (χ0n) is 9.73. The number of nitrogens with zero attached hydrogens (tertiary/aromatic N) is 1. The van der Waals surface area contributed by atoms with Crippen LogP contribution < -0.4 is 0 Å². The average molecular weight is 247 g/mol. The standard InChI is InChI=1S/C11H18FNO4/c12-17-8-3-1-2-6-10(14)13-7-4-5-9(13)11(15)16/h9H,1-8H2,(H,15,16). The van der Waals surface area contributed by atoms with Gasteiger partial charge >= 0.3 is 5.97 Å². The van der Waals surface area contributed by atoms with E-state index in [4.69, 9.17) is 5.11 Å². The van der Waals surface area contributed by atoms with E-state index < -0.39 is 12.0 Å². The summed E-state index contributed by atoms with van der Waals surface area (Å²) in [4.78, 5) is 27.5. The second kappa shape index (κ2) is 7.21. The normalized spacial score (nSPS) is 19.6. The molecule has 17 heavy (non-hydrogen) atoms. The fraction of sp³-hybridized carbons (Fsp3) is 0.818. The maximum absolute atomic E-state index is 11.8. The van der Waals surface area contributed by atoms with E-state index in [1.54, 1.807) is 0 Å². The molecular weight excluding hydrogens is 229 g/mol. The summed E-state index contributed by atoms with van der Waals surface area (Å²) in [6.45, 7) is 0.582. The lowest BCUT2D eigenvalue weighted by Crippen LogP contribution is -2.40. The van der Waals surface area contributed by atoms with Crippen molar-refractivity contribution in [2.45, 2.75) is 44.6 Å². The highest BCUT2D eigenvalue weighted by Crippen LogP contribution is 2.19. The van der Waals surface area contributed by atoms with Gasteiger partial charge in [0.15, 0.2) is 0 Å². The Labute approximate surface area is 99.4 Å². The molecule has 1 amide bonds. The molecule has 0 aromatic rings. The Balaban J connectivity index is 2.25. The molecular formula is C11H18FNO4. The molecule has 5 nitrogen and oxygen atoms in total. The van der Waals surface area contributed by atoms with Gasteiger partial charge < -0.3 is 10.0 Å². The first kappa shape index (κ1) is 13.9. The van der Waals surface area contributed by atoms with Crippen molar-refractivity contribution in [3.63, 3.8) is 0 Å². The molecule has 6 heteroatoms. The highest BCUT2D eigenvalue weighted by molar-refractivity contribution is 5.84. The summed E-state index contributed by atoms with van der Waals surface area (Å²) in [6.07, 6.45) is 3.55. The molecule has 1 fully saturated rings. The van der Waals surface area contributed by atoms with Crippen LogP contribution in [0.25, 0.3) is 0 Å². The molecule has 0 aliphatic carbocycles. The largest absolute Gasteiger partial charge is 0.480 e. The van der Waals surface area contributed by atoms with Crippen molar-refractivity contribution in [2.24, 2.45) is 0 Å². The van der Waals surface area contributed by atoms with Crippen molar-refractivity contribution in [3.8, 4) is 0 Å². The number of amides is 1. The minimum absolute atomic E-state index is 0.0512. The predicted octanol–water partition coefficient (Wildman–Crippen LogP) is 1.52. The molecule has 0 aromatic heterocycles. The number of carboxylic acid groups (broad SMARTS) is 1. The lowest BCUT2D eigenvalue weighted by atomic mass is 10.1.